The van der Waals surface area contributed by atoms with E-state index in [0.29, 0.717) is 18.5 Å². The van der Waals surface area contributed by atoms with Gasteiger partial charge in [0, 0.05) is 56.0 Å². The number of hydrogen-bond acceptors (Lipinski definition) is 5. The molecule has 5 rings (SSSR count). The second-order valence-electron chi connectivity index (χ2n) is 8.17. The van der Waals surface area contributed by atoms with E-state index in [1.54, 1.807) is 36.3 Å². The number of amides is 3. The van der Waals surface area contributed by atoms with Gasteiger partial charge in [-0.1, -0.05) is 6.07 Å². The molecule has 0 radical (unpaired) electrons. The number of carbonyl (C=O) groups is 3. The Morgan fingerprint density at radius 3 is 2.53 bits per heavy atom. The van der Waals surface area contributed by atoms with E-state index in [2.05, 4.69) is 10.4 Å². The van der Waals surface area contributed by atoms with Gasteiger partial charge in [-0.15, -0.1) is 0 Å². The van der Waals surface area contributed by atoms with Crippen LogP contribution in [-0.2, 0) is 30.2 Å². The first-order chi connectivity index (χ1) is 15.3. The van der Waals surface area contributed by atoms with Crippen LogP contribution < -0.4 is 10.9 Å². The monoisotopic (exact) mass is 431 g/mol. The van der Waals surface area contributed by atoms with Crippen molar-refractivity contribution in [2.45, 2.75) is 25.4 Å². The average molecular weight is 431 g/mol. The van der Waals surface area contributed by atoms with Gasteiger partial charge < -0.3 is 9.47 Å². The van der Waals surface area contributed by atoms with Crippen molar-refractivity contribution in [1.82, 2.24) is 24.6 Å². The molecule has 1 fully saturated rings. The smallest absolute Gasteiger partial charge is 0.255 e. The topological polar surface area (TPSA) is 106 Å². The fourth-order valence-electron chi connectivity index (χ4n) is 4.47. The summed E-state index contributed by atoms with van der Waals surface area (Å²) in [6.45, 7) is 0.309. The third-order valence-corrected chi connectivity index (χ3v) is 6.13. The number of hydrogen-bond donors (Lipinski definition) is 1. The summed E-state index contributed by atoms with van der Waals surface area (Å²) >= 11 is 0. The number of pyridine rings is 1. The van der Waals surface area contributed by atoms with Gasteiger partial charge in [0.1, 0.15) is 6.04 Å². The molecular formula is C23H21N5O4. The Kier molecular flexibility index (Phi) is 4.54. The Morgan fingerprint density at radius 1 is 1.00 bits per heavy atom. The van der Waals surface area contributed by atoms with E-state index in [0.717, 1.165) is 27.9 Å². The van der Waals surface area contributed by atoms with Gasteiger partial charge in [0.05, 0.1) is 11.9 Å². The first-order valence-electron chi connectivity index (χ1n) is 10.3. The fraction of sp³-hybridized carbons (Fsp3) is 0.261. The molecule has 2 aliphatic heterocycles. The average Bonchev–Trinajstić information content (AvgIpc) is 3.30. The Labute approximate surface area is 183 Å². The van der Waals surface area contributed by atoms with Crippen LogP contribution in [0.1, 0.15) is 28.8 Å². The van der Waals surface area contributed by atoms with Crippen molar-refractivity contribution >= 4 is 17.7 Å². The zero-order valence-corrected chi connectivity index (χ0v) is 17.7. The molecule has 1 unspecified atom stereocenters. The molecule has 1 N–H and O–H groups in total. The highest BCUT2D eigenvalue weighted by molar-refractivity contribution is 6.05. The third-order valence-electron chi connectivity index (χ3n) is 6.13. The molecule has 9 nitrogen and oxygen atoms in total. The summed E-state index contributed by atoms with van der Waals surface area (Å²) in [6, 6.07) is 8.23. The number of nitrogens with one attached hydrogen (secondary N) is 1. The van der Waals surface area contributed by atoms with Crippen LogP contribution in [0.2, 0.25) is 0 Å². The molecule has 1 saturated heterocycles. The van der Waals surface area contributed by atoms with Crippen LogP contribution >= 0.6 is 0 Å². The fourth-order valence-corrected chi connectivity index (χ4v) is 4.47. The second kappa shape index (κ2) is 7.30. The van der Waals surface area contributed by atoms with Crippen LogP contribution in [-0.4, -0.2) is 43.0 Å². The molecule has 0 aliphatic carbocycles. The van der Waals surface area contributed by atoms with E-state index in [1.165, 1.54) is 15.5 Å². The lowest BCUT2D eigenvalue weighted by Crippen LogP contribution is -2.52. The standard InChI is InChI=1S/C23H21N5O4/c1-26-11-14(4-8-20(26)30)21-17(10-24-27(21)2)13-3-5-16-15(9-13)12-28(23(16)32)18-6-7-19(29)25-22(18)31/h3-5,8-11,18H,6-7,12H2,1-2H3,(H,25,29,31). The van der Waals surface area contributed by atoms with Crippen molar-refractivity contribution in [1.29, 1.82) is 0 Å². The summed E-state index contributed by atoms with van der Waals surface area (Å²) in [4.78, 5) is 50.0. The van der Waals surface area contributed by atoms with E-state index < -0.39 is 11.9 Å². The predicted molar refractivity (Wildman–Crippen MR) is 115 cm³/mol. The van der Waals surface area contributed by atoms with Gasteiger partial charge in [-0.2, -0.15) is 5.10 Å². The van der Waals surface area contributed by atoms with Crippen molar-refractivity contribution in [3.63, 3.8) is 0 Å². The van der Waals surface area contributed by atoms with Crippen LogP contribution in [0.4, 0.5) is 0 Å². The van der Waals surface area contributed by atoms with Crippen molar-refractivity contribution in [3.05, 3.63) is 64.2 Å². The first kappa shape index (κ1) is 19.9. The largest absolute Gasteiger partial charge is 0.322 e. The van der Waals surface area contributed by atoms with Crippen molar-refractivity contribution in [3.8, 4) is 22.4 Å². The van der Waals surface area contributed by atoms with Gasteiger partial charge >= 0.3 is 0 Å². The van der Waals surface area contributed by atoms with E-state index in [9.17, 15) is 19.2 Å². The summed E-state index contributed by atoms with van der Waals surface area (Å²) in [6.07, 6.45) is 4.08. The summed E-state index contributed by atoms with van der Waals surface area (Å²) in [5.41, 5.74) is 4.76. The number of fused-ring (bicyclic) bond motifs is 1. The molecular weight excluding hydrogens is 410 g/mol. The summed E-state index contributed by atoms with van der Waals surface area (Å²) in [5.74, 6) is -0.933. The Hall–Kier alpha value is -4.01. The molecule has 9 heteroatoms. The van der Waals surface area contributed by atoms with Gasteiger partial charge in [0.2, 0.25) is 17.4 Å². The minimum atomic E-state index is -0.643. The minimum Gasteiger partial charge on any atom is -0.322 e. The Balaban J connectivity index is 1.50. The lowest BCUT2D eigenvalue weighted by atomic mass is 9.98. The summed E-state index contributed by atoms with van der Waals surface area (Å²) < 4.78 is 3.27. The van der Waals surface area contributed by atoms with Crippen molar-refractivity contribution in [2.24, 2.45) is 14.1 Å². The predicted octanol–water partition coefficient (Wildman–Crippen LogP) is 1.21. The van der Waals surface area contributed by atoms with Crippen molar-refractivity contribution < 1.29 is 14.4 Å². The highest BCUT2D eigenvalue weighted by Crippen LogP contribution is 2.35. The number of carbonyl (C=O) groups excluding carboxylic acids is 3. The molecule has 3 aromatic rings. The highest BCUT2D eigenvalue weighted by atomic mass is 16.2. The molecule has 4 heterocycles. The zero-order valence-electron chi connectivity index (χ0n) is 17.7. The number of piperidine rings is 1. The van der Waals surface area contributed by atoms with Gasteiger partial charge in [-0.3, -0.25) is 29.2 Å². The third kappa shape index (κ3) is 3.13. The number of benzene rings is 1. The molecule has 2 aromatic heterocycles. The van der Waals surface area contributed by atoms with E-state index in [4.69, 9.17) is 0 Å². The SMILES string of the molecule is Cn1ncc(-c2ccc3c(c2)CN(C2CCC(=O)NC2=O)C3=O)c1-c1ccc(=O)n(C)c1. The number of aryl methyl sites for hydroxylation is 2. The second-order valence-corrected chi connectivity index (χ2v) is 8.17. The van der Waals surface area contributed by atoms with Crippen LogP contribution in [0.25, 0.3) is 22.4 Å². The molecule has 0 saturated carbocycles. The maximum atomic E-state index is 12.9. The Bertz CT molecular complexity index is 1350. The number of aromatic nitrogens is 3. The number of rotatable bonds is 3. The number of imide groups is 1. The molecule has 3 amide bonds. The molecule has 0 bridgehead atoms. The molecule has 162 valence electrons. The van der Waals surface area contributed by atoms with Gasteiger partial charge in [0.15, 0.2) is 0 Å². The van der Waals surface area contributed by atoms with Crippen LogP contribution in [0.3, 0.4) is 0 Å². The quantitative estimate of drug-likeness (QED) is 0.628. The maximum absolute atomic E-state index is 12.9. The molecule has 1 atom stereocenters. The van der Waals surface area contributed by atoms with Gasteiger partial charge in [0.25, 0.3) is 5.91 Å². The summed E-state index contributed by atoms with van der Waals surface area (Å²) in [7, 11) is 3.54. The normalized spacial score (nSPS) is 18.1. The molecule has 1 aromatic carbocycles. The Morgan fingerprint density at radius 2 is 1.78 bits per heavy atom. The zero-order chi connectivity index (χ0) is 22.6. The molecule has 0 spiro atoms. The lowest BCUT2D eigenvalue weighted by molar-refractivity contribution is -0.136. The van der Waals surface area contributed by atoms with Gasteiger partial charge in [-0.05, 0) is 35.7 Å². The lowest BCUT2D eigenvalue weighted by Gasteiger charge is -2.29. The van der Waals surface area contributed by atoms with E-state index in [-0.39, 0.29) is 23.8 Å². The van der Waals surface area contributed by atoms with Crippen molar-refractivity contribution in [2.75, 3.05) is 0 Å². The van der Waals surface area contributed by atoms with Crippen LogP contribution in [0.5, 0.6) is 0 Å². The van der Waals surface area contributed by atoms with Gasteiger partial charge in [-0.25, -0.2) is 0 Å². The molecule has 2 aliphatic rings. The highest BCUT2D eigenvalue weighted by Gasteiger charge is 2.39. The van der Waals surface area contributed by atoms with Crippen LogP contribution in [0, 0.1) is 0 Å². The summed E-state index contributed by atoms with van der Waals surface area (Å²) in [5, 5.41) is 6.72. The van der Waals surface area contributed by atoms with E-state index in [1.807, 2.05) is 19.2 Å². The van der Waals surface area contributed by atoms with E-state index >= 15 is 0 Å². The first-order valence-corrected chi connectivity index (χ1v) is 10.3. The number of nitrogens with zero attached hydrogens (tertiary/aromatic N) is 4. The molecule has 32 heavy (non-hydrogen) atoms. The van der Waals surface area contributed by atoms with Crippen LogP contribution in [0.15, 0.2) is 47.5 Å². The maximum Gasteiger partial charge on any atom is 0.255 e. The minimum absolute atomic E-state index is 0.0953.